The van der Waals surface area contributed by atoms with E-state index in [2.05, 4.69) is 17.2 Å². The molecule has 0 aliphatic heterocycles. The van der Waals surface area contributed by atoms with E-state index in [4.69, 9.17) is 10.8 Å². The molecule has 1 unspecified atom stereocenters. The molecule has 1 aromatic carbocycles. The average molecular weight is 292 g/mol. The van der Waals surface area contributed by atoms with Crippen LogP contribution in [0.1, 0.15) is 29.8 Å². The van der Waals surface area contributed by atoms with Gasteiger partial charge in [-0.25, -0.2) is 4.39 Å². The predicted molar refractivity (Wildman–Crippen MR) is 75.7 cm³/mol. The van der Waals surface area contributed by atoms with Crippen LogP contribution in [0.25, 0.3) is 0 Å². The molecule has 0 aliphatic carbocycles. The van der Waals surface area contributed by atoms with Crippen LogP contribution in [-0.2, 0) is 4.79 Å². The number of primary amides is 1. The number of amides is 2. The molecule has 0 bridgehead atoms. The molecule has 0 radical (unpaired) electrons. The number of hydrogen-bond donors (Lipinski definition) is 3. The first-order chi connectivity index (χ1) is 9.86. The van der Waals surface area contributed by atoms with Gasteiger partial charge in [-0.05, 0) is 24.1 Å². The van der Waals surface area contributed by atoms with Crippen molar-refractivity contribution in [3.8, 4) is 11.8 Å². The number of benzene rings is 1. The Kier molecular flexibility index (Phi) is 5.88. The zero-order valence-electron chi connectivity index (χ0n) is 11.8. The number of hydrogen-bond acceptors (Lipinski definition) is 3. The molecule has 1 atom stereocenters. The van der Waals surface area contributed by atoms with Crippen LogP contribution >= 0.6 is 0 Å². The fraction of sp³-hybridized carbons (Fsp3) is 0.333. The summed E-state index contributed by atoms with van der Waals surface area (Å²) in [4.78, 5) is 23.2. The van der Waals surface area contributed by atoms with Crippen LogP contribution in [0.2, 0.25) is 0 Å². The second kappa shape index (κ2) is 7.41. The number of aliphatic hydroxyl groups is 1. The summed E-state index contributed by atoms with van der Waals surface area (Å²) in [5.74, 6) is 2.56. The van der Waals surface area contributed by atoms with E-state index in [9.17, 15) is 14.0 Å². The van der Waals surface area contributed by atoms with Gasteiger partial charge in [0.05, 0.1) is 5.56 Å². The number of nitrogens with two attached hydrogens (primary N) is 1. The first-order valence-corrected chi connectivity index (χ1v) is 6.36. The minimum absolute atomic E-state index is 0.198. The van der Waals surface area contributed by atoms with Gasteiger partial charge in [0.2, 0.25) is 5.91 Å². The number of carbonyl (C=O) groups excluding carboxylic acids is 2. The summed E-state index contributed by atoms with van der Waals surface area (Å²) in [5.41, 5.74) is 5.34. The highest BCUT2D eigenvalue weighted by atomic mass is 19.1. The highest BCUT2D eigenvalue weighted by Crippen LogP contribution is 2.11. The lowest BCUT2D eigenvalue weighted by Crippen LogP contribution is -2.47. The van der Waals surface area contributed by atoms with Crippen LogP contribution in [-0.4, -0.2) is 29.6 Å². The van der Waals surface area contributed by atoms with Crippen LogP contribution in [0.3, 0.4) is 0 Å². The Bertz CT molecular complexity index is 603. The normalized spacial score (nSPS) is 11.5. The molecule has 6 heteroatoms. The van der Waals surface area contributed by atoms with Crippen molar-refractivity contribution >= 4 is 11.8 Å². The first-order valence-electron chi connectivity index (χ1n) is 6.36. The molecule has 4 N–H and O–H groups in total. The third kappa shape index (κ3) is 4.58. The number of nitrogens with one attached hydrogen (secondary N) is 1. The number of carbonyl (C=O) groups is 2. The summed E-state index contributed by atoms with van der Waals surface area (Å²) in [6.45, 7) is 3.11. The zero-order chi connectivity index (χ0) is 16.0. The van der Waals surface area contributed by atoms with Gasteiger partial charge < -0.3 is 16.2 Å². The smallest absolute Gasteiger partial charge is 0.254 e. The van der Waals surface area contributed by atoms with Crippen LogP contribution in [0.5, 0.6) is 0 Å². The molecule has 0 fully saturated rings. The van der Waals surface area contributed by atoms with Crippen molar-refractivity contribution in [3.63, 3.8) is 0 Å². The SMILES string of the molecule is CC(C)C(NC(=O)c1ccc(C#CCO)cc1F)C(N)=O. The molecule has 21 heavy (non-hydrogen) atoms. The maximum Gasteiger partial charge on any atom is 0.254 e. The van der Waals surface area contributed by atoms with Gasteiger partial charge in [-0.1, -0.05) is 25.7 Å². The van der Waals surface area contributed by atoms with E-state index >= 15 is 0 Å². The number of halogens is 1. The summed E-state index contributed by atoms with van der Waals surface area (Å²) in [6.07, 6.45) is 0. The van der Waals surface area contributed by atoms with Crippen LogP contribution < -0.4 is 11.1 Å². The van der Waals surface area contributed by atoms with Gasteiger partial charge in [0, 0.05) is 5.56 Å². The molecular formula is C15H17FN2O3. The van der Waals surface area contributed by atoms with E-state index in [1.54, 1.807) is 13.8 Å². The van der Waals surface area contributed by atoms with E-state index in [-0.39, 0.29) is 18.1 Å². The van der Waals surface area contributed by atoms with Gasteiger partial charge in [-0.15, -0.1) is 0 Å². The minimum atomic E-state index is -0.870. The molecule has 0 saturated carbocycles. The fourth-order valence-electron chi connectivity index (χ4n) is 1.70. The molecule has 0 aromatic heterocycles. The van der Waals surface area contributed by atoms with Crippen LogP contribution in [0.15, 0.2) is 18.2 Å². The maximum atomic E-state index is 13.9. The predicted octanol–water partition coefficient (Wildman–Crippen LogP) is 0.409. The Hall–Kier alpha value is -2.39. The molecule has 0 aliphatic rings. The van der Waals surface area contributed by atoms with E-state index in [0.29, 0.717) is 5.56 Å². The van der Waals surface area contributed by atoms with Crippen LogP contribution in [0.4, 0.5) is 4.39 Å². The van der Waals surface area contributed by atoms with Gasteiger partial charge in [0.1, 0.15) is 18.5 Å². The van der Waals surface area contributed by atoms with Gasteiger partial charge in [0.15, 0.2) is 0 Å². The zero-order valence-corrected chi connectivity index (χ0v) is 11.8. The lowest BCUT2D eigenvalue weighted by Gasteiger charge is -2.19. The van der Waals surface area contributed by atoms with E-state index in [1.807, 2.05) is 0 Å². The van der Waals surface area contributed by atoms with Crippen molar-refractivity contribution < 1.29 is 19.1 Å². The highest BCUT2D eigenvalue weighted by Gasteiger charge is 2.23. The Morgan fingerprint density at radius 3 is 2.57 bits per heavy atom. The molecular weight excluding hydrogens is 275 g/mol. The third-order valence-corrected chi connectivity index (χ3v) is 2.79. The molecule has 0 spiro atoms. The largest absolute Gasteiger partial charge is 0.384 e. The Morgan fingerprint density at radius 1 is 1.43 bits per heavy atom. The van der Waals surface area contributed by atoms with Gasteiger partial charge >= 0.3 is 0 Å². The highest BCUT2D eigenvalue weighted by molar-refractivity contribution is 5.97. The average Bonchev–Trinajstić information content (AvgIpc) is 2.41. The Balaban J connectivity index is 2.95. The Morgan fingerprint density at radius 2 is 2.10 bits per heavy atom. The topological polar surface area (TPSA) is 92.4 Å². The molecule has 1 rings (SSSR count). The molecule has 112 valence electrons. The minimum Gasteiger partial charge on any atom is -0.384 e. The van der Waals surface area contributed by atoms with Crippen molar-refractivity contribution in [1.29, 1.82) is 0 Å². The third-order valence-electron chi connectivity index (χ3n) is 2.79. The lowest BCUT2D eigenvalue weighted by molar-refractivity contribution is -0.120. The molecule has 5 nitrogen and oxygen atoms in total. The summed E-state index contributed by atoms with van der Waals surface area (Å²) in [5, 5.41) is 11.0. The summed E-state index contributed by atoms with van der Waals surface area (Å²) >= 11 is 0. The van der Waals surface area contributed by atoms with E-state index in [1.165, 1.54) is 12.1 Å². The van der Waals surface area contributed by atoms with Crippen LogP contribution in [0, 0.1) is 23.6 Å². The van der Waals surface area contributed by atoms with Crippen molar-refractivity contribution in [2.45, 2.75) is 19.9 Å². The maximum absolute atomic E-state index is 13.9. The first kappa shape index (κ1) is 16.7. The second-order valence-corrected chi connectivity index (χ2v) is 4.75. The van der Waals surface area contributed by atoms with Crippen molar-refractivity contribution in [1.82, 2.24) is 5.32 Å². The molecule has 0 heterocycles. The van der Waals surface area contributed by atoms with Crippen molar-refractivity contribution in [2.75, 3.05) is 6.61 Å². The quantitative estimate of drug-likeness (QED) is 0.702. The van der Waals surface area contributed by atoms with Gasteiger partial charge in [-0.3, -0.25) is 9.59 Å². The van der Waals surface area contributed by atoms with Crippen molar-refractivity contribution in [3.05, 3.63) is 35.1 Å². The summed E-state index contributed by atoms with van der Waals surface area (Å²) in [7, 11) is 0. The second-order valence-electron chi connectivity index (χ2n) is 4.75. The molecule has 1 aromatic rings. The van der Waals surface area contributed by atoms with E-state index < -0.39 is 23.7 Å². The number of rotatable bonds is 4. The standard InChI is InChI=1S/C15H17FN2O3/c1-9(2)13(14(17)20)18-15(21)11-6-5-10(4-3-7-19)8-12(11)16/h5-6,8-9,13,19H,7H2,1-2H3,(H2,17,20)(H,18,21). The monoisotopic (exact) mass is 292 g/mol. The summed E-state index contributed by atoms with van der Waals surface area (Å²) in [6, 6.07) is 2.94. The lowest BCUT2D eigenvalue weighted by atomic mass is 10.0. The van der Waals surface area contributed by atoms with Crippen molar-refractivity contribution in [2.24, 2.45) is 11.7 Å². The molecule has 2 amide bonds. The summed E-state index contributed by atoms with van der Waals surface area (Å²) < 4.78 is 13.9. The van der Waals surface area contributed by atoms with E-state index in [0.717, 1.165) is 6.07 Å². The Labute approximate surface area is 122 Å². The number of aliphatic hydroxyl groups excluding tert-OH is 1. The van der Waals surface area contributed by atoms with Gasteiger partial charge in [0.25, 0.3) is 5.91 Å². The van der Waals surface area contributed by atoms with Gasteiger partial charge in [-0.2, -0.15) is 0 Å². The fourth-order valence-corrected chi connectivity index (χ4v) is 1.70. The molecule has 0 saturated heterocycles.